The molecule has 2 aliphatic carbocycles. The Balaban J connectivity index is 1.62. The first-order valence-electron chi connectivity index (χ1n) is 7.92. The third kappa shape index (κ3) is 1.75. The van der Waals surface area contributed by atoms with E-state index in [2.05, 4.69) is 39.4 Å². The van der Waals surface area contributed by atoms with E-state index in [0.29, 0.717) is 11.8 Å². The van der Waals surface area contributed by atoms with Crippen LogP contribution in [-0.4, -0.2) is 20.2 Å². The summed E-state index contributed by atoms with van der Waals surface area (Å²) in [5.41, 5.74) is 4.07. The average Bonchev–Trinajstić information content (AvgIpc) is 3.13. The van der Waals surface area contributed by atoms with Gasteiger partial charge in [0.25, 0.3) is 0 Å². The molecule has 0 aliphatic heterocycles. The molecule has 2 aromatic heterocycles. The average molecular weight is 278 g/mol. The van der Waals surface area contributed by atoms with E-state index in [1.807, 2.05) is 0 Å². The van der Waals surface area contributed by atoms with Crippen molar-refractivity contribution in [3.8, 4) is 0 Å². The molecule has 0 amide bonds. The first kappa shape index (κ1) is 11.5. The summed E-state index contributed by atoms with van der Waals surface area (Å²) in [7, 11) is 0. The van der Waals surface area contributed by atoms with Crippen molar-refractivity contribution in [2.75, 3.05) is 0 Å². The zero-order chi connectivity index (χ0) is 13.8. The van der Waals surface area contributed by atoms with Gasteiger partial charge in [-0.1, -0.05) is 18.2 Å². The van der Waals surface area contributed by atoms with E-state index in [1.165, 1.54) is 47.8 Å². The van der Waals surface area contributed by atoms with E-state index >= 15 is 0 Å². The lowest BCUT2D eigenvalue weighted by molar-refractivity contribution is 0.584. The van der Waals surface area contributed by atoms with Gasteiger partial charge >= 0.3 is 0 Å². The molecule has 4 heteroatoms. The van der Waals surface area contributed by atoms with Gasteiger partial charge in [0.1, 0.15) is 5.82 Å². The highest BCUT2D eigenvalue weighted by atomic mass is 15.2. The first-order valence-corrected chi connectivity index (χ1v) is 7.92. The topological polar surface area (TPSA) is 57.4 Å². The van der Waals surface area contributed by atoms with Gasteiger partial charge < -0.3 is 4.98 Å². The maximum Gasteiger partial charge on any atom is 0.153 e. The Morgan fingerprint density at radius 3 is 2.90 bits per heavy atom. The second-order valence-corrected chi connectivity index (χ2v) is 6.36. The number of para-hydroxylation sites is 1. The summed E-state index contributed by atoms with van der Waals surface area (Å²) >= 11 is 0. The van der Waals surface area contributed by atoms with Gasteiger partial charge in [0.05, 0.1) is 5.92 Å². The number of aryl methyl sites for hydroxylation is 1. The lowest BCUT2D eigenvalue weighted by Crippen LogP contribution is -2.12. The highest BCUT2D eigenvalue weighted by Crippen LogP contribution is 2.41. The Kier molecular flexibility index (Phi) is 2.31. The second-order valence-electron chi connectivity index (χ2n) is 6.36. The molecule has 0 bridgehead atoms. The number of nitrogens with zero attached hydrogens (tertiary/aromatic N) is 2. The molecule has 0 saturated heterocycles. The molecule has 3 aromatic rings. The van der Waals surface area contributed by atoms with Crippen LogP contribution in [0.15, 0.2) is 24.3 Å². The normalized spacial score (nSPS) is 21.6. The smallest absolute Gasteiger partial charge is 0.153 e. The Labute approximate surface area is 123 Å². The molecule has 5 rings (SSSR count). The minimum Gasteiger partial charge on any atom is -0.358 e. The van der Waals surface area contributed by atoms with E-state index < -0.39 is 0 Å². The van der Waals surface area contributed by atoms with E-state index in [4.69, 9.17) is 4.98 Å². The molecule has 1 fully saturated rings. The Hall–Kier alpha value is -2.10. The van der Waals surface area contributed by atoms with Crippen molar-refractivity contribution in [3.05, 3.63) is 47.2 Å². The Bertz CT molecular complexity index is 809. The van der Waals surface area contributed by atoms with Crippen molar-refractivity contribution in [2.24, 2.45) is 0 Å². The minimum absolute atomic E-state index is 0.348. The van der Waals surface area contributed by atoms with Crippen molar-refractivity contribution < 1.29 is 0 Å². The monoisotopic (exact) mass is 278 g/mol. The Morgan fingerprint density at radius 2 is 2.00 bits per heavy atom. The van der Waals surface area contributed by atoms with Crippen LogP contribution in [0.5, 0.6) is 0 Å². The van der Waals surface area contributed by atoms with Gasteiger partial charge in [-0.3, -0.25) is 5.10 Å². The number of rotatable bonds is 2. The third-order valence-electron chi connectivity index (χ3n) is 4.91. The van der Waals surface area contributed by atoms with E-state index in [9.17, 15) is 0 Å². The van der Waals surface area contributed by atoms with Crippen LogP contribution in [0, 0.1) is 0 Å². The fourth-order valence-corrected chi connectivity index (χ4v) is 3.66. The highest BCUT2D eigenvalue weighted by molar-refractivity contribution is 5.85. The largest absolute Gasteiger partial charge is 0.358 e. The molecule has 2 aliphatic rings. The number of H-pyrrole nitrogens is 2. The molecular formula is C17H18N4. The summed E-state index contributed by atoms with van der Waals surface area (Å²) in [5, 5.41) is 9.01. The van der Waals surface area contributed by atoms with Gasteiger partial charge in [-0.05, 0) is 43.7 Å². The fourth-order valence-electron chi connectivity index (χ4n) is 3.66. The van der Waals surface area contributed by atoms with Crippen molar-refractivity contribution in [1.82, 2.24) is 20.2 Å². The fraction of sp³-hybridized carbons (Fsp3) is 0.412. The predicted molar refractivity (Wildman–Crippen MR) is 81.4 cm³/mol. The molecule has 1 saturated carbocycles. The van der Waals surface area contributed by atoms with Crippen LogP contribution in [0.1, 0.15) is 60.4 Å². The lowest BCUT2D eigenvalue weighted by atomic mass is 9.86. The van der Waals surface area contributed by atoms with E-state index in [0.717, 1.165) is 18.1 Å². The molecule has 2 heterocycles. The minimum atomic E-state index is 0.348. The molecule has 0 radical (unpaired) electrons. The first-order chi connectivity index (χ1) is 10.4. The van der Waals surface area contributed by atoms with Gasteiger partial charge in [0.2, 0.25) is 0 Å². The van der Waals surface area contributed by atoms with E-state index in [1.54, 1.807) is 0 Å². The van der Waals surface area contributed by atoms with Gasteiger partial charge in [0.15, 0.2) is 5.82 Å². The Morgan fingerprint density at radius 1 is 1.10 bits per heavy atom. The van der Waals surface area contributed by atoms with Crippen LogP contribution in [0.25, 0.3) is 10.9 Å². The van der Waals surface area contributed by atoms with E-state index in [-0.39, 0.29) is 0 Å². The van der Waals surface area contributed by atoms with Crippen LogP contribution >= 0.6 is 0 Å². The van der Waals surface area contributed by atoms with Gasteiger partial charge in [-0.15, -0.1) is 0 Å². The standard InChI is InChI=1S/C17H18N4/c1-2-7-14-11(4-1)12-5-3-6-13(15(12)18-14)17-19-16(20-21-17)10-8-9-10/h1-2,4,7,10,13,18H,3,5-6,8-9H2,(H,19,20,21)/t13-/m1/s1. The van der Waals surface area contributed by atoms with Crippen molar-refractivity contribution in [3.63, 3.8) is 0 Å². The summed E-state index contributed by atoms with van der Waals surface area (Å²) in [6.45, 7) is 0. The third-order valence-corrected chi connectivity index (χ3v) is 4.91. The number of hydrogen-bond acceptors (Lipinski definition) is 2. The molecule has 1 atom stereocenters. The number of benzene rings is 1. The second kappa shape index (κ2) is 4.20. The summed E-state index contributed by atoms with van der Waals surface area (Å²) in [6.07, 6.45) is 6.04. The number of aromatic amines is 2. The molecule has 21 heavy (non-hydrogen) atoms. The predicted octanol–water partition coefficient (Wildman–Crippen LogP) is 3.63. The molecular weight excluding hydrogens is 260 g/mol. The van der Waals surface area contributed by atoms with Crippen LogP contribution in [0.2, 0.25) is 0 Å². The van der Waals surface area contributed by atoms with Crippen molar-refractivity contribution in [1.29, 1.82) is 0 Å². The zero-order valence-corrected chi connectivity index (χ0v) is 11.9. The van der Waals surface area contributed by atoms with Gasteiger partial charge in [-0.2, -0.15) is 5.10 Å². The van der Waals surface area contributed by atoms with Gasteiger partial charge in [-0.25, -0.2) is 4.98 Å². The van der Waals surface area contributed by atoms with Crippen molar-refractivity contribution in [2.45, 2.75) is 43.9 Å². The lowest BCUT2D eigenvalue weighted by Gasteiger charge is -2.20. The summed E-state index contributed by atoms with van der Waals surface area (Å²) in [5.74, 6) is 3.03. The van der Waals surface area contributed by atoms with Crippen molar-refractivity contribution >= 4 is 10.9 Å². The van der Waals surface area contributed by atoms with Crippen LogP contribution in [-0.2, 0) is 6.42 Å². The molecule has 0 unspecified atom stereocenters. The molecule has 0 spiro atoms. The molecule has 1 aromatic carbocycles. The zero-order valence-electron chi connectivity index (χ0n) is 11.9. The van der Waals surface area contributed by atoms with Crippen LogP contribution in [0.3, 0.4) is 0 Å². The van der Waals surface area contributed by atoms with Crippen LogP contribution in [0.4, 0.5) is 0 Å². The maximum atomic E-state index is 4.78. The maximum absolute atomic E-state index is 4.78. The number of aromatic nitrogens is 4. The quantitative estimate of drug-likeness (QED) is 0.752. The number of hydrogen-bond donors (Lipinski definition) is 2. The van der Waals surface area contributed by atoms with Gasteiger partial charge in [0, 0.05) is 22.5 Å². The number of nitrogens with one attached hydrogen (secondary N) is 2. The van der Waals surface area contributed by atoms with Crippen LogP contribution < -0.4 is 0 Å². The summed E-state index contributed by atoms with van der Waals surface area (Å²) in [6, 6.07) is 8.61. The molecule has 106 valence electrons. The highest BCUT2D eigenvalue weighted by Gasteiger charge is 2.31. The SMILES string of the molecule is c1ccc2c3c([nH]c2c1)[C@H](c1nc(C2CC2)n[nH]1)CCC3. The summed E-state index contributed by atoms with van der Waals surface area (Å²) in [4.78, 5) is 8.41. The summed E-state index contributed by atoms with van der Waals surface area (Å²) < 4.78 is 0. The molecule has 2 N–H and O–H groups in total. The molecule has 4 nitrogen and oxygen atoms in total. The number of fused-ring (bicyclic) bond motifs is 3.